The van der Waals surface area contributed by atoms with E-state index in [-0.39, 0.29) is 29.0 Å². The van der Waals surface area contributed by atoms with Crippen LogP contribution in [0, 0.1) is 18.7 Å². The summed E-state index contributed by atoms with van der Waals surface area (Å²) in [6.07, 6.45) is 0. The van der Waals surface area contributed by atoms with Crippen LogP contribution >= 0.6 is 15.9 Å². The Balaban J connectivity index is 2.02. The number of carbonyl (C=O) groups excluding carboxylic acids is 2. The maximum atomic E-state index is 15.0. The Hall–Kier alpha value is -3.24. The van der Waals surface area contributed by atoms with Crippen molar-refractivity contribution in [2.45, 2.75) is 45.2 Å². The van der Waals surface area contributed by atoms with Crippen LogP contribution in [-0.2, 0) is 26.2 Å². The van der Waals surface area contributed by atoms with Gasteiger partial charge in [-0.25, -0.2) is 12.8 Å². The Morgan fingerprint density at radius 1 is 0.974 bits per heavy atom. The number of hydrogen-bond acceptors (Lipinski definition) is 4. The lowest BCUT2D eigenvalue weighted by atomic mass is 10.1. The van der Waals surface area contributed by atoms with Gasteiger partial charge in [-0.1, -0.05) is 71.7 Å². The van der Waals surface area contributed by atoms with Gasteiger partial charge in [-0.15, -0.1) is 0 Å². The lowest BCUT2D eigenvalue weighted by molar-refractivity contribution is -0.139. The van der Waals surface area contributed by atoms with Crippen molar-refractivity contribution in [2.75, 3.05) is 17.4 Å². The van der Waals surface area contributed by atoms with E-state index >= 15 is 0 Å². The van der Waals surface area contributed by atoms with Gasteiger partial charge in [-0.05, 0) is 61.7 Å². The highest BCUT2D eigenvalue weighted by molar-refractivity contribution is 9.10. The Bertz CT molecular complexity index is 1410. The summed E-state index contributed by atoms with van der Waals surface area (Å²) in [6.45, 7) is 7.09. The van der Waals surface area contributed by atoms with E-state index < -0.39 is 34.3 Å². The Labute approximate surface area is 238 Å². The summed E-state index contributed by atoms with van der Waals surface area (Å²) in [5, 5.41) is 2.84. The van der Waals surface area contributed by atoms with E-state index in [1.807, 2.05) is 39.0 Å². The molecule has 0 radical (unpaired) electrons. The monoisotopic (exact) mass is 617 g/mol. The summed E-state index contributed by atoms with van der Waals surface area (Å²) >= 11 is 3.42. The number of nitrogens with zero attached hydrogens (tertiary/aromatic N) is 2. The van der Waals surface area contributed by atoms with E-state index in [0.29, 0.717) is 6.54 Å². The molecule has 7 nitrogen and oxygen atoms in total. The first-order chi connectivity index (χ1) is 18.4. The van der Waals surface area contributed by atoms with Gasteiger partial charge in [-0.3, -0.25) is 13.9 Å². The molecule has 0 bridgehead atoms. The highest BCUT2D eigenvalue weighted by Crippen LogP contribution is 2.27. The van der Waals surface area contributed by atoms with E-state index in [0.717, 1.165) is 26.0 Å². The number of para-hydroxylation sites is 1. The van der Waals surface area contributed by atoms with E-state index in [2.05, 4.69) is 21.2 Å². The molecular formula is C29H33BrFN3O4S. The quantitative estimate of drug-likeness (QED) is 0.317. The zero-order valence-electron chi connectivity index (χ0n) is 22.4. The number of hydrogen-bond donors (Lipinski definition) is 1. The molecule has 39 heavy (non-hydrogen) atoms. The molecule has 0 saturated carbocycles. The molecule has 0 aromatic heterocycles. The second-order valence-electron chi connectivity index (χ2n) is 9.74. The fourth-order valence-corrected chi connectivity index (χ4v) is 5.74. The van der Waals surface area contributed by atoms with Crippen LogP contribution in [0.2, 0.25) is 0 Å². The summed E-state index contributed by atoms with van der Waals surface area (Å²) in [5.41, 5.74) is 1.33. The van der Waals surface area contributed by atoms with Crippen molar-refractivity contribution < 1.29 is 22.4 Å². The molecule has 0 saturated heterocycles. The molecule has 2 amide bonds. The first kappa shape index (κ1) is 30.3. The Kier molecular flexibility index (Phi) is 10.3. The molecule has 0 spiro atoms. The average molecular weight is 619 g/mol. The van der Waals surface area contributed by atoms with Crippen molar-refractivity contribution in [1.29, 1.82) is 0 Å². The van der Waals surface area contributed by atoms with Crippen LogP contribution in [0.1, 0.15) is 31.9 Å². The van der Waals surface area contributed by atoms with Gasteiger partial charge in [0, 0.05) is 17.6 Å². The molecule has 0 unspecified atom stereocenters. The first-order valence-corrected chi connectivity index (χ1v) is 14.8. The van der Waals surface area contributed by atoms with Crippen molar-refractivity contribution in [3.63, 3.8) is 0 Å². The molecule has 1 atom stereocenters. The summed E-state index contributed by atoms with van der Waals surface area (Å²) < 4.78 is 44.0. The van der Waals surface area contributed by atoms with Crippen LogP contribution in [0.5, 0.6) is 0 Å². The van der Waals surface area contributed by atoms with Gasteiger partial charge in [0.05, 0.1) is 10.6 Å². The smallest absolute Gasteiger partial charge is 0.264 e. The third-order valence-corrected chi connectivity index (χ3v) is 8.37. The van der Waals surface area contributed by atoms with Crippen molar-refractivity contribution in [3.05, 3.63) is 94.2 Å². The van der Waals surface area contributed by atoms with E-state index in [1.54, 1.807) is 25.1 Å². The largest absolute Gasteiger partial charge is 0.354 e. The minimum atomic E-state index is -4.33. The topological polar surface area (TPSA) is 86.8 Å². The van der Waals surface area contributed by atoms with Crippen molar-refractivity contribution in [1.82, 2.24) is 10.2 Å². The van der Waals surface area contributed by atoms with Crippen LogP contribution in [0.15, 0.2) is 82.2 Å². The van der Waals surface area contributed by atoms with Crippen molar-refractivity contribution in [2.24, 2.45) is 5.92 Å². The fourth-order valence-electron chi connectivity index (χ4n) is 3.87. The number of rotatable bonds is 11. The van der Waals surface area contributed by atoms with E-state index in [9.17, 15) is 22.4 Å². The number of halogens is 2. The molecule has 1 N–H and O–H groups in total. The van der Waals surface area contributed by atoms with Gasteiger partial charge >= 0.3 is 0 Å². The molecule has 0 aliphatic heterocycles. The lowest BCUT2D eigenvalue weighted by Crippen LogP contribution is -2.51. The number of aryl methyl sites for hydroxylation is 1. The number of nitrogens with one attached hydrogen (secondary N) is 1. The fraction of sp³-hybridized carbons (Fsp3) is 0.310. The molecule has 3 aromatic carbocycles. The third-order valence-electron chi connectivity index (χ3n) is 6.10. The zero-order chi connectivity index (χ0) is 28.7. The van der Waals surface area contributed by atoms with Gasteiger partial charge in [0.15, 0.2) is 0 Å². The molecule has 0 aliphatic carbocycles. The lowest BCUT2D eigenvalue weighted by Gasteiger charge is -2.32. The van der Waals surface area contributed by atoms with Gasteiger partial charge in [0.1, 0.15) is 18.4 Å². The summed E-state index contributed by atoms with van der Waals surface area (Å²) in [7, 11) is -4.33. The Morgan fingerprint density at radius 3 is 2.26 bits per heavy atom. The second kappa shape index (κ2) is 13.2. The normalized spacial score (nSPS) is 12.2. The molecule has 0 heterocycles. The van der Waals surface area contributed by atoms with Gasteiger partial charge in [-0.2, -0.15) is 0 Å². The molecule has 3 rings (SSSR count). The van der Waals surface area contributed by atoms with Crippen molar-refractivity contribution in [3.8, 4) is 0 Å². The number of carbonyl (C=O) groups is 2. The zero-order valence-corrected chi connectivity index (χ0v) is 24.8. The standard InChI is InChI=1S/C29H33BrFN3O4S/c1-20(2)17-32-29(36)22(4)33(18-23-8-7-9-24(30)16-23)28(35)19-34(27-11-6-5-10-26(27)31)39(37,38)25-14-12-21(3)13-15-25/h5-16,20,22H,17-19H2,1-4H3,(H,32,36)/t22-/m0/s1. The average Bonchev–Trinajstić information content (AvgIpc) is 2.89. The van der Waals surface area contributed by atoms with E-state index in [1.165, 1.54) is 35.2 Å². The summed E-state index contributed by atoms with van der Waals surface area (Å²) in [6, 6.07) is 17.8. The minimum absolute atomic E-state index is 0.0459. The SMILES string of the molecule is Cc1ccc(S(=O)(=O)N(CC(=O)N(Cc2cccc(Br)c2)[C@@H](C)C(=O)NCC(C)C)c2ccccc2F)cc1. The molecule has 0 aliphatic rings. The van der Waals surface area contributed by atoms with Crippen LogP contribution in [-0.4, -0.2) is 44.3 Å². The predicted octanol–water partition coefficient (Wildman–Crippen LogP) is 5.28. The van der Waals surface area contributed by atoms with Crippen LogP contribution in [0.25, 0.3) is 0 Å². The van der Waals surface area contributed by atoms with Crippen LogP contribution in [0.3, 0.4) is 0 Å². The molecule has 0 fully saturated rings. The van der Waals surface area contributed by atoms with Gasteiger partial charge < -0.3 is 10.2 Å². The number of anilines is 1. The molecule has 3 aromatic rings. The molecule has 10 heteroatoms. The highest BCUT2D eigenvalue weighted by atomic mass is 79.9. The van der Waals surface area contributed by atoms with Crippen LogP contribution in [0.4, 0.5) is 10.1 Å². The second-order valence-corrected chi connectivity index (χ2v) is 12.5. The minimum Gasteiger partial charge on any atom is -0.354 e. The maximum Gasteiger partial charge on any atom is 0.264 e. The maximum absolute atomic E-state index is 15.0. The van der Waals surface area contributed by atoms with Gasteiger partial charge in [0.2, 0.25) is 11.8 Å². The van der Waals surface area contributed by atoms with Crippen LogP contribution < -0.4 is 9.62 Å². The number of sulfonamides is 1. The Morgan fingerprint density at radius 2 is 1.64 bits per heavy atom. The van der Waals surface area contributed by atoms with Gasteiger partial charge in [0.25, 0.3) is 10.0 Å². The first-order valence-electron chi connectivity index (χ1n) is 12.6. The highest BCUT2D eigenvalue weighted by Gasteiger charge is 2.33. The number of benzene rings is 3. The number of amides is 2. The summed E-state index contributed by atoms with van der Waals surface area (Å²) in [4.78, 5) is 28.1. The third kappa shape index (κ3) is 7.89. The summed E-state index contributed by atoms with van der Waals surface area (Å²) in [5.74, 6) is -1.61. The molecular weight excluding hydrogens is 585 g/mol. The molecule has 208 valence electrons. The van der Waals surface area contributed by atoms with E-state index in [4.69, 9.17) is 0 Å². The predicted molar refractivity (Wildman–Crippen MR) is 154 cm³/mol. The van der Waals surface area contributed by atoms with Crippen molar-refractivity contribution >= 4 is 43.5 Å².